The molecule has 1 aromatic rings. The standard InChI is InChI=1S/C18H26N2O2/c1-2-22-17-10-6-5-9-16(17)19-18(21)20-12-11-14-7-3-4-8-15(14)13-20/h5-6,9-10,14-15H,2-4,7-8,11-13H2,1H3,(H,19,21)/t14-,15+/m1/s1. The second-order valence-corrected chi connectivity index (χ2v) is 6.40. The third-order valence-corrected chi connectivity index (χ3v) is 5.01. The topological polar surface area (TPSA) is 41.6 Å². The van der Waals surface area contributed by atoms with Crippen LogP contribution in [0, 0.1) is 11.8 Å². The second-order valence-electron chi connectivity index (χ2n) is 6.40. The van der Waals surface area contributed by atoms with E-state index in [0.29, 0.717) is 12.5 Å². The van der Waals surface area contributed by atoms with Gasteiger partial charge < -0.3 is 15.0 Å². The first-order valence-electron chi connectivity index (χ1n) is 8.55. The molecule has 4 heteroatoms. The van der Waals surface area contributed by atoms with Gasteiger partial charge in [-0.2, -0.15) is 0 Å². The van der Waals surface area contributed by atoms with Crippen molar-refractivity contribution in [2.75, 3.05) is 25.0 Å². The van der Waals surface area contributed by atoms with E-state index >= 15 is 0 Å². The number of nitrogens with one attached hydrogen (secondary N) is 1. The van der Waals surface area contributed by atoms with Gasteiger partial charge in [-0.05, 0) is 43.7 Å². The van der Waals surface area contributed by atoms with Crippen LogP contribution < -0.4 is 10.1 Å². The number of rotatable bonds is 3. The molecule has 2 fully saturated rings. The van der Waals surface area contributed by atoms with E-state index in [2.05, 4.69) is 5.32 Å². The maximum absolute atomic E-state index is 12.6. The number of hydrogen-bond acceptors (Lipinski definition) is 2. The molecule has 2 aliphatic rings. The van der Waals surface area contributed by atoms with Crippen LogP contribution in [0.1, 0.15) is 39.0 Å². The van der Waals surface area contributed by atoms with Crippen molar-refractivity contribution in [1.82, 2.24) is 4.90 Å². The molecule has 2 atom stereocenters. The molecule has 1 saturated heterocycles. The van der Waals surface area contributed by atoms with Crippen LogP contribution in [0.25, 0.3) is 0 Å². The Bertz CT molecular complexity index is 518. The van der Waals surface area contributed by atoms with Crippen LogP contribution in [0.5, 0.6) is 5.75 Å². The lowest BCUT2D eigenvalue weighted by Gasteiger charge is -2.41. The van der Waals surface area contributed by atoms with Gasteiger partial charge >= 0.3 is 6.03 Å². The molecule has 0 aromatic heterocycles. The summed E-state index contributed by atoms with van der Waals surface area (Å²) in [4.78, 5) is 14.5. The minimum atomic E-state index is 0.0103. The van der Waals surface area contributed by atoms with Crippen LogP contribution in [0.3, 0.4) is 0 Å². The van der Waals surface area contributed by atoms with Crippen LogP contribution in [0.15, 0.2) is 24.3 Å². The van der Waals surface area contributed by atoms with Crippen molar-refractivity contribution in [3.63, 3.8) is 0 Å². The summed E-state index contributed by atoms with van der Waals surface area (Å²) >= 11 is 0. The highest BCUT2D eigenvalue weighted by molar-refractivity contribution is 5.91. The zero-order valence-corrected chi connectivity index (χ0v) is 13.4. The van der Waals surface area contributed by atoms with E-state index in [0.717, 1.165) is 36.9 Å². The zero-order valence-electron chi connectivity index (χ0n) is 13.4. The Morgan fingerprint density at radius 2 is 2.00 bits per heavy atom. The van der Waals surface area contributed by atoms with Crippen LogP contribution in [-0.4, -0.2) is 30.6 Å². The van der Waals surface area contributed by atoms with Gasteiger partial charge in [-0.25, -0.2) is 4.79 Å². The number of piperidine rings is 1. The fourth-order valence-corrected chi connectivity index (χ4v) is 3.83. The summed E-state index contributed by atoms with van der Waals surface area (Å²) in [5.41, 5.74) is 0.764. The van der Waals surface area contributed by atoms with Gasteiger partial charge in [0.05, 0.1) is 12.3 Å². The minimum absolute atomic E-state index is 0.0103. The molecule has 2 amide bonds. The number of benzene rings is 1. The Kier molecular flexibility index (Phi) is 4.86. The Balaban J connectivity index is 1.62. The van der Waals surface area contributed by atoms with Gasteiger partial charge in [-0.1, -0.05) is 31.4 Å². The summed E-state index contributed by atoms with van der Waals surface area (Å²) in [6.45, 7) is 4.34. The molecule has 0 bridgehead atoms. The van der Waals surface area contributed by atoms with Crippen LogP contribution in [0.2, 0.25) is 0 Å². The van der Waals surface area contributed by atoms with Crippen LogP contribution in [-0.2, 0) is 0 Å². The molecule has 1 heterocycles. The van der Waals surface area contributed by atoms with Gasteiger partial charge in [0.2, 0.25) is 0 Å². The molecule has 0 spiro atoms. The molecule has 1 saturated carbocycles. The molecule has 22 heavy (non-hydrogen) atoms. The summed E-state index contributed by atoms with van der Waals surface area (Å²) in [5, 5.41) is 3.02. The molecule has 1 N–H and O–H groups in total. The van der Waals surface area contributed by atoms with Crippen molar-refractivity contribution in [3.8, 4) is 5.75 Å². The summed E-state index contributed by atoms with van der Waals surface area (Å²) < 4.78 is 5.58. The number of carbonyl (C=O) groups excluding carboxylic acids is 1. The van der Waals surface area contributed by atoms with Gasteiger partial charge in [-0.3, -0.25) is 0 Å². The van der Waals surface area contributed by atoms with E-state index in [-0.39, 0.29) is 6.03 Å². The number of urea groups is 1. The largest absolute Gasteiger partial charge is 0.492 e. The lowest BCUT2D eigenvalue weighted by molar-refractivity contribution is 0.108. The maximum atomic E-state index is 12.6. The lowest BCUT2D eigenvalue weighted by atomic mass is 9.75. The van der Waals surface area contributed by atoms with Gasteiger partial charge in [-0.15, -0.1) is 0 Å². The molecular formula is C18H26N2O2. The first-order chi connectivity index (χ1) is 10.8. The van der Waals surface area contributed by atoms with E-state index in [9.17, 15) is 4.79 Å². The first kappa shape index (κ1) is 15.2. The van der Waals surface area contributed by atoms with Crippen molar-refractivity contribution < 1.29 is 9.53 Å². The minimum Gasteiger partial charge on any atom is -0.492 e. The predicted octanol–water partition coefficient (Wildman–Crippen LogP) is 4.13. The van der Waals surface area contributed by atoms with Crippen molar-refractivity contribution in [1.29, 1.82) is 0 Å². The van der Waals surface area contributed by atoms with E-state index in [4.69, 9.17) is 4.74 Å². The van der Waals surface area contributed by atoms with E-state index in [1.54, 1.807) is 0 Å². The number of amides is 2. The lowest BCUT2D eigenvalue weighted by Crippen LogP contribution is -2.46. The molecule has 3 rings (SSSR count). The average Bonchev–Trinajstić information content (AvgIpc) is 2.56. The van der Waals surface area contributed by atoms with E-state index < -0.39 is 0 Å². The summed E-state index contributed by atoms with van der Waals surface area (Å²) in [6, 6.07) is 7.65. The highest BCUT2D eigenvalue weighted by atomic mass is 16.5. The van der Waals surface area contributed by atoms with Crippen molar-refractivity contribution in [3.05, 3.63) is 24.3 Å². The van der Waals surface area contributed by atoms with Crippen molar-refractivity contribution in [2.45, 2.75) is 39.0 Å². The van der Waals surface area contributed by atoms with Crippen LogP contribution in [0.4, 0.5) is 10.5 Å². The SMILES string of the molecule is CCOc1ccccc1NC(=O)N1CC[C@H]2CCCC[C@H]2C1. The second kappa shape index (κ2) is 7.03. The highest BCUT2D eigenvalue weighted by Gasteiger charge is 2.33. The fourth-order valence-electron chi connectivity index (χ4n) is 3.83. The number of likely N-dealkylation sites (tertiary alicyclic amines) is 1. The number of para-hydroxylation sites is 2. The van der Waals surface area contributed by atoms with Gasteiger partial charge in [0, 0.05) is 13.1 Å². The van der Waals surface area contributed by atoms with Crippen LogP contribution >= 0.6 is 0 Å². The Morgan fingerprint density at radius 1 is 1.23 bits per heavy atom. The molecule has 0 unspecified atom stereocenters. The van der Waals surface area contributed by atoms with Crippen molar-refractivity contribution >= 4 is 11.7 Å². The number of carbonyl (C=O) groups is 1. The molecule has 120 valence electrons. The summed E-state index contributed by atoms with van der Waals surface area (Å²) in [5.74, 6) is 2.29. The van der Waals surface area contributed by atoms with Gasteiger partial charge in [0.25, 0.3) is 0 Å². The number of fused-ring (bicyclic) bond motifs is 1. The van der Waals surface area contributed by atoms with Gasteiger partial charge in [0.1, 0.15) is 5.75 Å². The molecule has 1 aromatic carbocycles. The Hall–Kier alpha value is -1.71. The molecule has 0 radical (unpaired) electrons. The average molecular weight is 302 g/mol. The van der Waals surface area contributed by atoms with Gasteiger partial charge in [0.15, 0.2) is 0 Å². The molecular weight excluding hydrogens is 276 g/mol. The Labute approximate surface area is 132 Å². The molecule has 1 aliphatic heterocycles. The number of anilines is 1. The zero-order chi connectivity index (χ0) is 15.4. The highest BCUT2D eigenvalue weighted by Crippen LogP contribution is 2.36. The number of hydrogen-bond donors (Lipinski definition) is 1. The summed E-state index contributed by atoms with van der Waals surface area (Å²) in [7, 11) is 0. The third-order valence-electron chi connectivity index (χ3n) is 5.01. The maximum Gasteiger partial charge on any atom is 0.321 e. The quantitative estimate of drug-likeness (QED) is 0.912. The normalized spacial score (nSPS) is 24.5. The molecule has 4 nitrogen and oxygen atoms in total. The number of ether oxygens (including phenoxy) is 1. The number of nitrogens with zero attached hydrogens (tertiary/aromatic N) is 1. The Morgan fingerprint density at radius 3 is 2.82 bits per heavy atom. The smallest absolute Gasteiger partial charge is 0.321 e. The van der Waals surface area contributed by atoms with Crippen molar-refractivity contribution in [2.24, 2.45) is 11.8 Å². The first-order valence-corrected chi connectivity index (χ1v) is 8.55. The fraction of sp³-hybridized carbons (Fsp3) is 0.611. The third kappa shape index (κ3) is 3.37. The molecule has 1 aliphatic carbocycles. The summed E-state index contributed by atoms with van der Waals surface area (Å²) in [6.07, 6.45) is 6.49. The predicted molar refractivity (Wildman–Crippen MR) is 88.3 cm³/mol. The van der Waals surface area contributed by atoms with E-state index in [1.807, 2.05) is 36.1 Å². The van der Waals surface area contributed by atoms with E-state index in [1.165, 1.54) is 25.7 Å². The monoisotopic (exact) mass is 302 g/mol.